The van der Waals surface area contributed by atoms with Gasteiger partial charge in [0.15, 0.2) is 5.96 Å². The van der Waals surface area contributed by atoms with Crippen molar-refractivity contribution in [2.75, 3.05) is 27.2 Å². The predicted octanol–water partition coefficient (Wildman–Crippen LogP) is 3.51. The number of nitrogens with zero attached hydrogens (tertiary/aromatic N) is 2. The molecule has 0 aromatic heterocycles. The molecule has 0 amide bonds. The topological polar surface area (TPSA) is 73.8 Å². The van der Waals surface area contributed by atoms with Crippen LogP contribution in [0.4, 0.5) is 0 Å². The zero-order valence-corrected chi connectivity index (χ0v) is 20.8. The van der Waals surface area contributed by atoms with Crippen LogP contribution in [-0.4, -0.2) is 45.9 Å². The van der Waals surface area contributed by atoms with E-state index in [0.29, 0.717) is 19.0 Å². The van der Waals surface area contributed by atoms with Crippen molar-refractivity contribution in [2.24, 2.45) is 4.99 Å². The second-order valence-corrected chi connectivity index (χ2v) is 8.95. The van der Waals surface area contributed by atoms with Gasteiger partial charge in [0.25, 0.3) is 0 Å². The predicted molar refractivity (Wildman–Crippen MR) is 131 cm³/mol. The van der Waals surface area contributed by atoms with Gasteiger partial charge in [0, 0.05) is 32.2 Å². The molecular weight excluding hydrogens is 523 g/mol. The van der Waals surface area contributed by atoms with E-state index in [9.17, 15) is 8.42 Å². The molecule has 2 aromatic rings. The molecule has 2 aromatic carbocycles. The van der Waals surface area contributed by atoms with Crippen LogP contribution in [0.1, 0.15) is 18.1 Å². The van der Waals surface area contributed by atoms with E-state index in [1.165, 1.54) is 18.4 Å². The normalized spacial score (nSPS) is 11.8. The fourth-order valence-corrected chi connectivity index (χ4v) is 3.64. The van der Waals surface area contributed by atoms with E-state index in [1.54, 1.807) is 24.3 Å². The van der Waals surface area contributed by atoms with Crippen molar-refractivity contribution >= 4 is 51.6 Å². The van der Waals surface area contributed by atoms with Crippen LogP contribution in [0, 0.1) is 0 Å². The van der Waals surface area contributed by atoms with Gasteiger partial charge in [-0.2, -0.15) is 0 Å². The maximum absolute atomic E-state index is 12.1. The van der Waals surface area contributed by atoms with Gasteiger partial charge >= 0.3 is 0 Å². The van der Waals surface area contributed by atoms with E-state index in [4.69, 9.17) is 11.6 Å². The van der Waals surface area contributed by atoms with Crippen LogP contribution in [0.3, 0.4) is 0 Å². The molecule has 0 bridgehead atoms. The molecule has 0 aliphatic heterocycles. The molecule has 0 radical (unpaired) electrons. The van der Waals surface area contributed by atoms with Crippen molar-refractivity contribution < 1.29 is 8.42 Å². The number of hydrogen-bond acceptors (Lipinski definition) is 3. The van der Waals surface area contributed by atoms with Gasteiger partial charge in [0.1, 0.15) is 0 Å². The number of aliphatic imine (C=N–C) groups is 1. The third-order valence-electron chi connectivity index (χ3n) is 4.11. The molecule has 0 saturated heterocycles. The minimum atomic E-state index is -3.41. The Hall–Kier alpha value is -1.36. The first-order valence-corrected chi connectivity index (χ1v) is 10.9. The van der Waals surface area contributed by atoms with Gasteiger partial charge in [-0.25, -0.2) is 17.7 Å². The Kier molecular flexibility index (Phi) is 10.9. The summed E-state index contributed by atoms with van der Waals surface area (Å²) in [6.45, 7) is 3.91. The highest BCUT2D eigenvalue weighted by atomic mass is 127. The van der Waals surface area contributed by atoms with Crippen LogP contribution in [0.5, 0.6) is 0 Å². The molecule has 6 nitrogen and oxygen atoms in total. The van der Waals surface area contributed by atoms with Crippen LogP contribution >= 0.6 is 35.6 Å². The van der Waals surface area contributed by atoms with E-state index < -0.39 is 10.0 Å². The SMILES string of the molecule is CCNC(=NCc1ccc(S(=O)(=O)N(C)C)cc1)NCCc1ccccc1Cl.I. The third kappa shape index (κ3) is 7.76. The largest absolute Gasteiger partial charge is 0.357 e. The molecule has 2 N–H and O–H groups in total. The Bertz CT molecular complexity index is 903. The average Bonchev–Trinajstić information content (AvgIpc) is 2.67. The molecule has 0 fully saturated rings. The van der Waals surface area contributed by atoms with Gasteiger partial charge in [-0.05, 0) is 42.7 Å². The minimum absolute atomic E-state index is 0. The highest BCUT2D eigenvalue weighted by molar-refractivity contribution is 14.0. The number of nitrogens with one attached hydrogen (secondary N) is 2. The number of sulfonamides is 1. The Labute approximate surface area is 195 Å². The second-order valence-electron chi connectivity index (χ2n) is 6.39. The Morgan fingerprint density at radius 2 is 1.72 bits per heavy atom. The zero-order valence-electron chi connectivity index (χ0n) is 16.9. The lowest BCUT2D eigenvalue weighted by Crippen LogP contribution is -2.38. The van der Waals surface area contributed by atoms with Gasteiger partial charge in [-0.15, -0.1) is 24.0 Å². The molecule has 160 valence electrons. The summed E-state index contributed by atoms with van der Waals surface area (Å²) in [4.78, 5) is 4.84. The van der Waals surface area contributed by atoms with Gasteiger partial charge < -0.3 is 10.6 Å². The Morgan fingerprint density at radius 1 is 1.07 bits per heavy atom. The molecule has 9 heteroatoms. The first-order chi connectivity index (χ1) is 13.3. The van der Waals surface area contributed by atoms with Crippen molar-refractivity contribution in [1.29, 1.82) is 0 Å². The smallest absolute Gasteiger partial charge is 0.242 e. The quantitative estimate of drug-likeness (QED) is 0.300. The lowest BCUT2D eigenvalue weighted by molar-refractivity contribution is 0.520. The third-order valence-corrected chi connectivity index (χ3v) is 6.31. The number of hydrogen-bond donors (Lipinski definition) is 2. The summed E-state index contributed by atoms with van der Waals surface area (Å²) in [5, 5.41) is 7.27. The fraction of sp³-hybridized carbons (Fsp3) is 0.350. The first-order valence-electron chi connectivity index (χ1n) is 9.11. The number of benzene rings is 2. The van der Waals surface area contributed by atoms with Crippen molar-refractivity contribution in [1.82, 2.24) is 14.9 Å². The van der Waals surface area contributed by atoms with Crippen molar-refractivity contribution in [2.45, 2.75) is 24.8 Å². The molecule has 0 saturated carbocycles. The van der Waals surface area contributed by atoms with Crippen LogP contribution < -0.4 is 10.6 Å². The summed E-state index contributed by atoms with van der Waals surface area (Å²) < 4.78 is 25.4. The van der Waals surface area contributed by atoms with E-state index in [2.05, 4.69) is 15.6 Å². The van der Waals surface area contributed by atoms with Crippen molar-refractivity contribution in [3.8, 4) is 0 Å². The highest BCUT2D eigenvalue weighted by Crippen LogP contribution is 2.15. The maximum Gasteiger partial charge on any atom is 0.242 e. The van der Waals surface area contributed by atoms with Crippen molar-refractivity contribution in [3.63, 3.8) is 0 Å². The summed E-state index contributed by atoms with van der Waals surface area (Å²) >= 11 is 6.19. The van der Waals surface area contributed by atoms with Crippen LogP contribution in [0.25, 0.3) is 0 Å². The van der Waals surface area contributed by atoms with Gasteiger partial charge in [0.05, 0.1) is 11.4 Å². The fourth-order valence-electron chi connectivity index (χ4n) is 2.51. The van der Waals surface area contributed by atoms with E-state index in [-0.39, 0.29) is 28.9 Å². The molecule has 0 aliphatic rings. The molecule has 2 rings (SSSR count). The van der Waals surface area contributed by atoms with Crippen molar-refractivity contribution in [3.05, 3.63) is 64.7 Å². The van der Waals surface area contributed by atoms with Crippen LogP contribution in [0.2, 0.25) is 5.02 Å². The maximum atomic E-state index is 12.1. The average molecular weight is 551 g/mol. The number of halogens is 2. The molecule has 0 aliphatic carbocycles. The van der Waals surface area contributed by atoms with Gasteiger partial charge in [0.2, 0.25) is 10.0 Å². The molecule has 0 atom stereocenters. The number of guanidine groups is 1. The summed E-state index contributed by atoms with van der Waals surface area (Å²) in [6, 6.07) is 14.6. The zero-order chi connectivity index (χ0) is 20.6. The molecule has 0 unspecified atom stereocenters. The monoisotopic (exact) mass is 550 g/mol. The lowest BCUT2D eigenvalue weighted by atomic mass is 10.1. The second kappa shape index (κ2) is 12.4. The highest BCUT2D eigenvalue weighted by Gasteiger charge is 2.16. The Morgan fingerprint density at radius 3 is 2.31 bits per heavy atom. The van der Waals surface area contributed by atoms with E-state index in [0.717, 1.165) is 29.1 Å². The summed E-state index contributed by atoms with van der Waals surface area (Å²) in [5.74, 6) is 0.708. The number of rotatable bonds is 8. The van der Waals surface area contributed by atoms with Crippen LogP contribution in [-0.2, 0) is 23.0 Å². The Balaban J connectivity index is 0.00000420. The van der Waals surface area contributed by atoms with Gasteiger partial charge in [-0.3, -0.25) is 0 Å². The summed E-state index contributed by atoms with van der Waals surface area (Å²) in [5.41, 5.74) is 2.02. The lowest BCUT2D eigenvalue weighted by Gasteiger charge is -2.13. The van der Waals surface area contributed by atoms with E-state index >= 15 is 0 Å². The van der Waals surface area contributed by atoms with E-state index in [1.807, 2.05) is 31.2 Å². The van der Waals surface area contributed by atoms with Crippen LogP contribution in [0.15, 0.2) is 58.4 Å². The van der Waals surface area contributed by atoms with Gasteiger partial charge in [-0.1, -0.05) is 41.9 Å². The minimum Gasteiger partial charge on any atom is -0.357 e. The molecule has 0 spiro atoms. The first kappa shape index (κ1) is 25.7. The molecule has 29 heavy (non-hydrogen) atoms. The standard InChI is InChI=1S/C20H27ClN4O2S.HI/c1-4-22-20(23-14-13-17-7-5-6-8-19(17)21)24-15-16-9-11-18(12-10-16)28(26,27)25(2)3;/h5-12H,4,13-15H2,1-3H3,(H2,22,23,24);1H. The summed E-state index contributed by atoms with van der Waals surface area (Å²) in [7, 11) is -0.377. The molecular formula is C20H28ClIN4O2S. The molecule has 0 heterocycles. The summed E-state index contributed by atoms with van der Waals surface area (Å²) in [6.07, 6.45) is 0.793.